The number of halogens is 1. The molecule has 0 N–H and O–H groups in total. The lowest BCUT2D eigenvalue weighted by molar-refractivity contribution is 0.303. The van der Waals surface area contributed by atoms with Gasteiger partial charge in [0.25, 0.3) is 5.56 Å². The van der Waals surface area contributed by atoms with Gasteiger partial charge in [-0.05, 0) is 55.7 Å². The summed E-state index contributed by atoms with van der Waals surface area (Å²) in [5.41, 5.74) is 2.09. The van der Waals surface area contributed by atoms with Crippen molar-refractivity contribution in [1.82, 2.24) is 4.57 Å². The van der Waals surface area contributed by atoms with Crippen LogP contribution in [0.4, 0.5) is 0 Å². The van der Waals surface area contributed by atoms with Crippen molar-refractivity contribution in [3.8, 4) is 5.75 Å². The molecule has 1 aromatic heterocycles. The van der Waals surface area contributed by atoms with Crippen molar-refractivity contribution in [1.29, 1.82) is 0 Å². The van der Waals surface area contributed by atoms with Crippen molar-refractivity contribution < 1.29 is 4.74 Å². The number of benzene rings is 2. The normalized spacial score (nSPS) is 10.9. The monoisotopic (exact) mass is 341 g/mol. The van der Waals surface area contributed by atoms with Crippen LogP contribution in [-0.2, 0) is 6.54 Å². The first kappa shape index (κ1) is 16.6. The van der Waals surface area contributed by atoms with Gasteiger partial charge in [0, 0.05) is 23.0 Å². The fraction of sp³-hybridized carbons (Fsp3) is 0.250. The molecular formula is C20H20ClNO2. The van der Waals surface area contributed by atoms with E-state index in [0.717, 1.165) is 35.1 Å². The molecule has 0 aliphatic rings. The van der Waals surface area contributed by atoms with E-state index in [4.69, 9.17) is 16.3 Å². The first-order valence-corrected chi connectivity index (χ1v) is 8.50. The molecule has 0 fully saturated rings. The van der Waals surface area contributed by atoms with E-state index in [0.29, 0.717) is 18.2 Å². The summed E-state index contributed by atoms with van der Waals surface area (Å²) in [7, 11) is 0. The van der Waals surface area contributed by atoms with Crippen LogP contribution >= 0.6 is 11.6 Å². The van der Waals surface area contributed by atoms with Gasteiger partial charge in [-0.1, -0.05) is 29.8 Å². The summed E-state index contributed by atoms with van der Waals surface area (Å²) >= 11 is 5.85. The molecule has 0 saturated carbocycles. The number of hydrogen-bond donors (Lipinski definition) is 0. The van der Waals surface area contributed by atoms with Crippen molar-refractivity contribution in [2.75, 3.05) is 6.61 Å². The second-order valence-electron chi connectivity index (χ2n) is 5.84. The molecule has 0 unspecified atom stereocenters. The zero-order chi connectivity index (χ0) is 16.9. The Morgan fingerprint density at radius 3 is 2.58 bits per heavy atom. The van der Waals surface area contributed by atoms with Gasteiger partial charge in [0.1, 0.15) is 5.75 Å². The minimum atomic E-state index is 0.0600. The van der Waals surface area contributed by atoms with Crippen LogP contribution in [0.3, 0.4) is 0 Å². The molecule has 3 rings (SSSR count). The van der Waals surface area contributed by atoms with Crippen LogP contribution in [0.2, 0.25) is 5.02 Å². The fourth-order valence-electron chi connectivity index (χ4n) is 2.83. The Hall–Kier alpha value is -2.26. The number of hydrogen-bond acceptors (Lipinski definition) is 2. The molecule has 124 valence electrons. The second-order valence-corrected chi connectivity index (χ2v) is 6.28. The summed E-state index contributed by atoms with van der Waals surface area (Å²) in [6.45, 7) is 3.30. The Labute approximate surface area is 146 Å². The molecule has 0 radical (unpaired) electrons. The average Bonchev–Trinajstić information content (AvgIpc) is 2.59. The SMILES string of the molecule is Cc1cc(=O)n(CCCCOc2ccc(Cl)cc2)c2ccccc12. The van der Waals surface area contributed by atoms with Crippen molar-refractivity contribution in [2.24, 2.45) is 0 Å². The highest BCUT2D eigenvalue weighted by Crippen LogP contribution is 2.17. The molecule has 0 bridgehead atoms. The Kier molecular flexibility index (Phi) is 5.21. The van der Waals surface area contributed by atoms with Crippen molar-refractivity contribution in [2.45, 2.75) is 26.3 Å². The van der Waals surface area contributed by atoms with Crippen LogP contribution in [0, 0.1) is 6.92 Å². The number of pyridine rings is 1. The second kappa shape index (κ2) is 7.54. The van der Waals surface area contributed by atoms with Crippen molar-refractivity contribution in [3.63, 3.8) is 0 Å². The van der Waals surface area contributed by atoms with Gasteiger partial charge in [0.05, 0.1) is 12.1 Å². The highest BCUT2D eigenvalue weighted by Gasteiger charge is 2.05. The predicted octanol–water partition coefficient (Wildman–Crippen LogP) is 4.82. The smallest absolute Gasteiger partial charge is 0.251 e. The number of ether oxygens (including phenoxy) is 1. The lowest BCUT2D eigenvalue weighted by Crippen LogP contribution is -2.20. The Bertz CT molecular complexity index is 884. The molecule has 4 heteroatoms. The Balaban J connectivity index is 1.60. The highest BCUT2D eigenvalue weighted by atomic mass is 35.5. The molecule has 0 aliphatic carbocycles. The molecule has 0 amide bonds. The molecule has 0 atom stereocenters. The quantitative estimate of drug-likeness (QED) is 0.602. The zero-order valence-corrected chi connectivity index (χ0v) is 14.4. The van der Waals surface area contributed by atoms with E-state index >= 15 is 0 Å². The number of fused-ring (bicyclic) bond motifs is 1. The number of aromatic nitrogens is 1. The van der Waals surface area contributed by atoms with Gasteiger partial charge >= 0.3 is 0 Å². The molecule has 3 nitrogen and oxygen atoms in total. The standard InChI is InChI=1S/C20H20ClNO2/c1-15-14-20(23)22(19-7-3-2-6-18(15)19)12-4-5-13-24-17-10-8-16(21)9-11-17/h2-3,6-11,14H,4-5,12-13H2,1H3. The Morgan fingerprint density at radius 2 is 1.79 bits per heavy atom. The van der Waals surface area contributed by atoms with Gasteiger partial charge < -0.3 is 9.30 Å². The van der Waals surface area contributed by atoms with E-state index in [1.165, 1.54) is 0 Å². The lowest BCUT2D eigenvalue weighted by Gasteiger charge is -2.12. The Morgan fingerprint density at radius 1 is 1.04 bits per heavy atom. The van der Waals surface area contributed by atoms with Gasteiger partial charge in [0.2, 0.25) is 0 Å². The van der Waals surface area contributed by atoms with Crippen molar-refractivity contribution >= 4 is 22.5 Å². The van der Waals surface area contributed by atoms with Crippen LogP contribution in [0.15, 0.2) is 59.4 Å². The van der Waals surface area contributed by atoms with Gasteiger partial charge in [-0.3, -0.25) is 4.79 Å². The van der Waals surface area contributed by atoms with Crippen LogP contribution in [0.1, 0.15) is 18.4 Å². The molecule has 0 aliphatic heterocycles. The van der Waals surface area contributed by atoms with Crippen molar-refractivity contribution in [3.05, 3.63) is 75.5 Å². The summed E-state index contributed by atoms with van der Waals surface area (Å²) in [6.07, 6.45) is 1.78. The van der Waals surface area contributed by atoms with Gasteiger partial charge in [-0.2, -0.15) is 0 Å². The molecule has 3 aromatic rings. The van der Waals surface area contributed by atoms with Crippen LogP contribution in [-0.4, -0.2) is 11.2 Å². The predicted molar refractivity (Wildman–Crippen MR) is 99.1 cm³/mol. The van der Waals surface area contributed by atoms with E-state index in [1.54, 1.807) is 6.07 Å². The third kappa shape index (κ3) is 3.80. The largest absolute Gasteiger partial charge is 0.494 e. The van der Waals surface area contributed by atoms with Crippen LogP contribution in [0.5, 0.6) is 5.75 Å². The lowest BCUT2D eigenvalue weighted by atomic mass is 10.1. The van der Waals surface area contributed by atoms with E-state index in [-0.39, 0.29) is 5.56 Å². The molecule has 24 heavy (non-hydrogen) atoms. The molecule has 2 aromatic carbocycles. The minimum absolute atomic E-state index is 0.0600. The number of para-hydroxylation sites is 1. The van der Waals surface area contributed by atoms with Crippen LogP contribution < -0.4 is 10.3 Å². The molecule has 0 saturated heterocycles. The maximum Gasteiger partial charge on any atom is 0.251 e. The summed E-state index contributed by atoms with van der Waals surface area (Å²) < 4.78 is 7.54. The van der Waals surface area contributed by atoms with E-state index < -0.39 is 0 Å². The van der Waals surface area contributed by atoms with E-state index in [2.05, 4.69) is 6.07 Å². The van der Waals surface area contributed by atoms with Gasteiger partial charge in [-0.25, -0.2) is 0 Å². The molecule has 1 heterocycles. The summed E-state index contributed by atoms with van der Waals surface area (Å²) in [6, 6.07) is 17.1. The third-order valence-corrected chi connectivity index (χ3v) is 4.34. The van der Waals surface area contributed by atoms with E-state index in [1.807, 2.05) is 54.0 Å². The highest BCUT2D eigenvalue weighted by molar-refractivity contribution is 6.30. The number of unbranched alkanes of at least 4 members (excludes halogenated alkanes) is 1. The van der Waals surface area contributed by atoms with Gasteiger partial charge in [0.15, 0.2) is 0 Å². The number of rotatable bonds is 6. The third-order valence-electron chi connectivity index (χ3n) is 4.08. The first-order valence-electron chi connectivity index (χ1n) is 8.13. The van der Waals surface area contributed by atoms with E-state index in [9.17, 15) is 4.79 Å². The topological polar surface area (TPSA) is 31.2 Å². The summed E-state index contributed by atoms with van der Waals surface area (Å²) in [5, 5.41) is 1.84. The average molecular weight is 342 g/mol. The summed E-state index contributed by atoms with van der Waals surface area (Å²) in [4.78, 5) is 12.3. The minimum Gasteiger partial charge on any atom is -0.494 e. The maximum atomic E-state index is 12.3. The fourth-order valence-corrected chi connectivity index (χ4v) is 2.95. The maximum absolute atomic E-state index is 12.3. The first-order chi connectivity index (χ1) is 11.6. The zero-order valence-electron chi connectivity index (χ0n) is 13.7. The number of nitrogens with zero attached hydrogens (tertiary/aromatic N) is 1. The number of aryl methyl sites for hydroxylation is 2. The molecule has 0 spiro atoms. The van der Waals surface area contributed by atoms with Gasteiger partial charge in [-0.15, -0.1) is 0 Å². The summed E-state index contributed by atoms with van der Waals surface area (Å²) in [5.74, 6) is 0.817. The molecular weight excluding hydrogens is 322 g/mol. The van der Waals surface area contributed by atoms with Crippen LogP contribution in [0.25, 0.3) is 10.9 Å².